The molecule has 2 aromatic carbocycles. The van der Waals surface area contributed by atoms with E-state index in [1.54, 1.807) is 6.07 Å². The Morgan fingerprint density at radius 1 is 1.29 bits per heavy atom. The molecule has 4 atom stereocenters. The van der Waals surface area contributed by atoms with Crippen LogP contribution in [0.1, 0.15) is 18.1 Å². The summed E-state index contributed by atoms with van der Waals surface area (Å²) in [5.41, 5.74) is 3.75. The first-order chi connectivity index (χ1) is 16.9. The number of fused-ring (bicyclic) bond motifs is 2. The molecule has 0 bridgehead atoms. The molecule has 0 radical (unpaired) electrons. The van der Waals surface area contributed by atoms with E-state index < -0.39 is 18.3 Å². The molecule has 0 unspecified atom stereocenters. The van der Waals surface area contributed by atoms with Crippen LogP contribution in [0.3, 0.4) is 0 Å². The van der Waals surface area contributed by atoms with Gasteiger partial charge in [-0.15, -0.1) is 0 Å². The number of nitriles is 1. The van der Waals surface area contributed by atoms with Gasteiger partial charge in [0.1, 0.15) is 29.9 Å². The van der Waals surface area contributed by atoms with Crippen LogP contribution in [0.5, 0.6) is 5.88 Å². The normalized spacial score (nSPS) is 23.5. The summed E-state index contributed by atoms with van der Waals surface area (Å²) < 4.78 is 17.3. The van der Waals surface area contributed by atoms with Crippen molar-refractivity contribution in [1.82, 2.24) is 10.3 Å². The number of hydrogen-bond acceptors (Lipinski definition) is 6. The van der Waals surface area contributed by atoms with E-state index in [1.165, 1.54) is 6.92 Å². The number of benzene rings is 2. The van der Waals surface area contributed by atoms with Gasteiger partial charge in [-0.25, -0.2) is 0 Å². The topological polar surface area (TPSA) is 117 Å². The fourth-order valence-electron chi connectivity index (χ4n) is 4.48. The Bertz CT molecular complexity index is 1330. The van der Waals surface area contributed by atoms with E-state index in [-0.39, 0.29) is 25.2 Å². The fraction of sp³-hybridized carbons (Fsp3) is 0.308. The quantitative estimate of drug-likeness (QED) is 0.484. The summed E-state index contributed by atoms with van der Waals surface area (Å²) in [7, 11) is 0. The third kappa shape index (κ3) is 4.64. The lowest BCUT2D eigenvalue weighted by atomic mass is 10.0. The van der Waals surface area contributed by atoms with E-state index in [1.807, 2.05) is 42.5 Å². The molecule has 2 fully saturated rings. The first-order valence-corrected chi connectivity index (χ1v) is 11.7. The lowest BCUT2D eigenvalue weighted by Crippen LogP contribution is -2.34. The van der Waals surface area contributed by atoms with Crippen molar-refractivity contribution < 1.29 is 24.1 Å². The maximum atomic E-state index is 11.0. The summed E-state index contributed by atoms with van der Waals surface area (Å²) in [5, 5.41) is 23.8. The zero-order chi connectivity index (χ0) is 24.5. The summed E-state index contributed by atoms with van der Waals surface area (Å²) in [5.74, 6) is 0.256. The van der Waals surface area contributed by atoms with Gasteiger partial charge in [-0.2, -0.15) is 5.26 Å². The minimum absolute atomic E-state index is 0.0727. The van der Waals surface area contributed by atoms with Crippen LogP contribution in [0, 0.1) is 11.3 Å². The third-order valence-electron chi connectivity index (χ3n) is 6.22. The number of aromatic amines is 1. The molecule has 0 aliphatic carbocycles. The maximum absolute atomic E-state index is 11.0. The van der Waals surface area contributed by atoms with E-state index in [0.717, 1.165) is 16.7 Å². The van der Waals surface area contributed by atoms with E-state index in [4.69, 9.17) is 25.8 Å². The molecule has 3 N–H and O–H groups in total. The van der Waals surface area contributed by atoms with Crippen LogP contribution >= 0.6 is 11.6 Å². The molecule has 5 rings (SSSR count). The SMILES string of the molecule is CC(=O)NCC=Cc1ccc(-c2cc3c(C#N)c(O[C@@H]4CO[C@H]5[C@@H]4OC[C@H]5O)[nH]c3cc2Cl)cc1. The number of halogens is 1. The molecule has 0 spiro atoms. The van der Waals surface area contributed by atoms with Crippen LogP contribution in [-0.4, -0.2) is 60.2 Å². The van der Waals surface area contributed by atoms with Gasteiger partial charge in [0.2, 0.25) is 11.8 Å². The highest BCUT2D eigenvalue weighted by atomic mass is 35.5. The lowest BCUT2D eigenvalue weighted by Gasteiger charge is -2.16. The summed E-state index contributed by atoms with van der Waals surface area (Å²) in [4.78, 5) is 14.1. The number of amides is 1. The number of aromatic nitrogens is 1. The van der Waals surface area contributed by atoms with Crippen molar-refractivity contribution in [1.29, 1.82) is 5.26 Å². The number of carbonyl (C=O) groups is 1. The van der Waals surface area contributed by atoms with Crippen LogP contribution in [0.4, 0.5) is 0 Å². The molecule has 3 aromatic rings. The zero-order valence-corrected chi connectivity index (χ0v) is 19.7. The second-order valence-electron chi connectivity index (χ2n) is 8.60. The van der Waals surface area contributed by atoms with Gasteiger partial charge in [-0.3, -0.25) is 4.79 Å². The van der Waals surface area contributed by atoms with Gasteiger partial charge in [0.25, 0.3) is 0 Å². The predicted octanol–water partition coefficient (Wildman–Crippen LogP) is 3.42. The number of rotatable bonds is 6. The van der Waals surface area contributed by atoms with Gasteiger partial charge < -0.3 is 29.6 Å². The number of aliphatic hydroxyl groups is 1. The average molecular weight is 494 g/mol. The van der Waals surface area contributed by atoms with Crippen molar-refractivity contribution in [2.24, 2.45) is 0 Å². The number of carbonyl (C=O) groups excluding carboxylic acids is 1. The molecular weight excluding hydrogens is 470 g/mol. The molecule has 1 aromatic heterocycles. The van der Waals surface area contributed by atoms with Crippen molar-refractivity contribution >= 4 is 34.5 Å². The minimum Gasteiger partial charge on any atom is -0.469 e. The summed E-state index contributed by atoms with van der Waals surface area (Å²) in [6.45, 7) is 2.42. The largest absolute Gasteiger partial charge is 0.469 e. The standard InChI is InChI=1S/C26H24ClN3O5/c1-14(31)29-8-2-3-15-4-6-16(7-5-15)17-9-18-19(11-28)26(30-21(18)10-20(17)27)35-23-13-34-24-22(32)12-33-25(23)24/h2-7,9-10,22-25,30,32H,8,12-13H2,1H3,(H,29,31)/t22-,23-,24-,25-/m1/s1. The smallest absolute Gasteiger partial charge is 0.217 e. The molecule has 2 aliphatic heterocycles. The van der Waals surface area contributed by atoms with Gasteiger partial charge in [0.05, 0.1) is 23.8 Å². The Balaban J connectivity index is 1.39. The van der Waals surface area contributed by atoms with Crippen LogP contribution in [0.2, 0.25) is 5.02 Å². The van der Waals surface area contributed by atoms with Crippen molar-refractivity contribution in [2.45, 2.75) is 31.3 Å². The molecule has 8 nitrogen and oxygen atoms in total. The molecule has 1 amide bonds. The summed E-state index contributed by atoms with van der Waals surface area (Å²) >= 11 is 6.61. The van der Waals surface area contributed by atoms with Crippen molar-refractivity contribution in [3.63, 3.8) is 0 Å². The number of nitrogens with zero attached hydrogens (tertiary/aromatic N) is 1. The van der Waals surface area contributed by atoms with E-state index in [2.05, 4.69) is 16.4 Å². The number of ether oxygens (including phenoxy) is 3. The van der Waals surface area contributed by atoms with Crippen molar-refractivity contribution in [3.8, 4) is 23.1 Å². The van der Waals surface area contributed by atoms with Crippen molar-refractivity contribution in [2.75, 3.05) is 19.8 Å². The van der Waals surface area contributed by atoms with Crippen LogP contribution in [0.15, 0.2) is 42.5 Å². The first-order valence-electron chi connectivity index (χ1n) is 11.3. The summed E-state index contributed by atoms with van der Waals surface area (Å²) in [6, 6.07) is 13.7. The highest BCUT2D eigenvalue weighted by Crippen LogP contribution is 2.38. The Hall–Kier alpha value is -3.35. The maximum Gasteiger partial charge on any atom is 0.217 e. The third-order valence-corrected chi connectivity index (χ3v) is 6.53. The zero-order valence-electron chi connectivity index (χ0n) is 19.0. The van der Waals surface area contributed by atoms with E-state index in [9.17, 15) is 15.2 Å². The molecule has 3 heterocycles. The second-order valence-corrected chi connectivity index (χ2v) is 9.01. The fourth-order valence-corrected chi connectivity index (χ4v) is 4.75. The van der Waals surface area contributed by atoms with Gasteiger partial charge in [0.15, 0.2) is 6.10 Å². The van der Waals surface area contributed by atoms with Crippen LogP contribution < -0.4 is 10.1 Å². The Kier molecular flexibility index (Phi) is 6.50. The minimum atomic E-state index is -0.674. The highest BCUT2D eigenvalue weighted by molar-refractivity contribution is 6.34. The van der Waals surface area contributed by atoms with E-state index in [0.29, 0.717) is 33.9 Å². The number of nitrogens with one attached hydrogen (secondary N) is 2. The first kappa shape index (κ1) is 23.4. The van der Waals surface area contributed by atoms with Gasteiger partial charge in [-0.1, -0.05) is 48.0 Å². The van der Waals surface area contributed by atoms with Gasteiger partial charge in [-0.05, 0) is 23.3 Å². The number of aliphatic hydroxyl groups excluding tert-OH is 1. The molecule has 180 valence electrons. The van der Waals surface area contributed by atoms with E-state index >= 15 is 0 Å². The molecule has 0 saturated carbocycles. The van der Waals surface area contributed by atoms with Crippen LogP contribution in [0.25, 0.3) is 28.1 Å². The molecule has 35 heavy (non-hydrogen) atoms. The second kappa shape index (κ2) is 9.72. The molecule has 2 aliphatic rings. The number of H-pyrrole nitrogens is 1. The molecular formula is C26H24ClN3O5. The highest BCUT2D eigenvalue weighted by Gasteiger charge is 2.48. The van der Waals surface area contributed by atoms with Gasteiger partial charge in [0, 0.05) is 24.4 Å². The number of hydrogen-bond donors (Lipinski definition) is 3. The monoisotopic (exact) mass is 493 g/mol. The van der Waals surface area contributed by atoms with Crippen molar-refractivity contribution in [3.05, 3.63) is 58.6 Å². The van der Waals surface area contributed by atoms with Gasteiger partial charge >= 0.3 is 0 Å². The molecule has 2 saturated heterocycles. The Morgan fingerprint density at radius 2 is 2.06 bits per heavy atom. The van der Waals surface area contributed by atoms with Crippen LogP contribution in [-0.2, 0) is 14.3 Å². The summed E-state index contributed by atoms with van der Waals surface area (Å²) in [6.07, 6.45) is 1.90. The Morgan fingerprint density at radius 3 is 2.80 bits per heavy atom. The predicted molar refractivity (Wildman–Crippen MR) is 131 cm³/mol. The Labute approximate surface area is 207 Å². The molecule has 9 heteroatoms. The average Bonchev–Trinajstić information content (AvgIpc) is 3.51. The lowest BCUT2D eigenvalue weighted by molar-refractivity contribution is -0.118.